The van der Waals surface area contributed by atoms with Crippen LogP contribution in [-0.4, -0.2) is 4.57 Å². The maximum absolute atomic E-state index is 13.0. The van der Waals surface area contributed by atoms with E-state index in [1.54, 1.807) is 0 Å². The number of rotatable bonds is 4. The van der Waals surface area contributed by atoms with Gasteiger partial charge in [0.25, 0.3) is 0 Å². The van der Waals surface area contributed by atoms with E-state index in [-0.39, 0.29) is 5.63 Å². The van der Waals surface area contributed by atoms with Crippen LogP contribution in [0.2, 0.25) is 0 Å². The molecule has 3 aromatic carbocycles. The Hall–Kier alpha value is -3.59. The van der Waals surface area contributed by atoms with Gasteiger partial charge in [0.15, 0.2) is 0 Å². The van der Waals surface area contributed by atoms with Gasteiger partial charge in [-0.15, -0.1) is 0 Å². The predicted molar refractivity (Wildman–Crippen MR) is 118 cm³/mol. The number of nitrogens with zero attached hydrogens (tertiary/aromatic N) is 1. The first-order valence-electron chi connectivity index (χ1n) is 9.86. The highest BCUT2D eigenvalue weighted by Crippen LogP contribution is 2.36. The average Bonchev–Trinajstić information content (AvgIpc) is 3.06. The van der Waals surface area contributed by atoms with Crippen LogP contribution in [0.15, 0.2) is 94.1 Å². The molecule has 2 heterocycles. The summed E-state index contributed by atoms with van der Waals surface area (Å²) in [4.78, 5) is 13.0. The van der Waals surface area contributed by atoms with E-state index in [0.29, 0.717) is 11.0 Å². The zero-order valence-electron chi connectivity index (χ0n) is 16.3. The van der Waals surface area contributed by atoms with Gasteiger partial charge in [0.05, 0.1) is 11.1 Å². The largest absolute Gasteiger partial charge is 0.422 e. The summed E-state index contributed by atoms with van der Waals surface area (Å²) in [6, 6.07) is 28.4. The molecule has 0 unspecified atom stereocenters. The smallest absolute Gasteiger partial charge is 0.346 e. The quantitative estimate of drug-likeness (QED) is 0.373. The van der Waals surface area contributed by atoms with Crippen LogP contribution in [0, 0.1) is 0 Å². The first-order valence-corrected chi connectivity index (χ1v) is 9.86. The second-order valence-electron chi connectivity index (χ2n) is 7.34. The summed E-state index contributed by atoms with van der Waals surface area (Å²) in [5.74, 6) is 0. The Kier molecular flexibility index (Phi) is 4.28. The molecule has 2 aromatic heterocycles. The molecule has 0 saturated heterocycles. The average molecular weight is 379 g/mol. The van der Waals surface area contributed by atoms with Crippen molar-refractivity contribution in [2.24, 2.45) is 7.05 Å². The summed E-state index contributed by atoms with van der Waals surface area (Å²) >= 11 is 0. The molecule has 29 heavy (non-hydrogen) atoms. The molecule has 0 aliphatic rings. The van der Waals surface area contributed by atoms with E-state index in [0.717, 1.165) is 40.6 Å². The maximum Gasteiger partial charge on any atom is 0.346 e. The van der Waals surface area contributed by atoms with Crippen molar-refractivity contribution in [3.05, 3.63) is 107 Å². The van der Waals surface area contributed by atoms with Gasteiger partial charge >= 0.3 is 5.63 Å². The first kappa shape index (κ1) is 17.5. The first-order chi connectivity index (χ1) is 14.2. The molecule has 0 bridgehead atoms. The lowest BCUT2D eigenvalue weighted by molar-refractivity contribution is 0.568. The molecule has 0 spiro atoms. The van der Waals surface area contributed by atoms with Gasteiger partial charge in [0.1, 0.15) is 5.58 Å². The standard InChI is InChI=1S/C26H21NO2/c1-27-21(17-16-18-10-4-2-5-11-18)24-23(25(27)19-12-6-3-7-13-19)20-14-8-9-15-22(20)29-26(24)28/h2-15H,16-17H2,1H3. The Morgan fingerprint density at radius 1 is 0.759 bits per heavy atom. The Morgan fingerprint density at radius 3 is 2.17 bits per heavy atom. The number of hydrogen-bond acceptors (Lipinski definition) is 2. The molecule has 0 saturated carbocycles. The van der Waals surface area contributed by atoms with Crippen LogP contribution >= 0.6 is 0 Å². The van der Waals surface area contributed by atoms with E-state index >= 15 is 0 Å². The molecule has 0 atom stereocenters. The highest BCUT2D eigenvalue weighted by molar-refractivity contribution is 6.13. The van der Waals surface area contributed by atoms with Crippen molar-refractivity contribution in [2.45, 2.75) is 12.8 Å². The van der Waals surface area contributed by atoms with Crippen LogP contribution in [0.4, 0.5) is 0 Å². The number of para-hydroxylation sites is 1. The topological polar surface area (TPSA) is 35.1 Å². The Balaban J connectivity index is 1.80. The lowest BCUT2D eigenvalue weighted by Gasteiger charge is -2.08. The molecule has 0 amide bonds. The predicted octanol–water partition coefficient (Wildman–Crippen LogP) is 5.74. The van der Waals surface area contributed by atoms with E-state index in [4.69, 9.17) is 4.42 Å². The summed E-state index contributed by atoms with van der Waals surface area (Å²) in [6.45, 7) is 0. The minimum Gasteiger partial charge on any atom is -0.422 e. The van der Waals surface area contributed by atoms with Crippen LogP contribution in [0.3, 0.4) is 0 Å². The van der Waals surface area contributed by atoms with Crippen LogP contribution in [0.25, 0.3) is 33.0 Å². The van der Waals surface area contributed by atoms with Gasteiger partial charge in [0.2, 0.25) is 0 Å². The van der Waals surface area contributed by atoms with Crippen LogP contribution in [-0.2, 0) is 19.9 Å². The number of benzene rings is 3. The van der Waals surface area contributed by atoms with Crippen molar-refractivity contribution in [1.82, 2.24) is 4.57 Å². The molecule has 0 aliphatic heterocycles. The van der Waals surface area contributed by atoms with Gasteiger partial charge in [-0.1, -0.05) is 78.9 Å². The normalized spacial score (nSPS) is 11.3. The lowest BCUT2D eigenvalue weighted by Crippen LogP contribution is -2.05. The minimum absolute atomic E-state index is 0.264. The molecule has 0 fully saturated rings. The third-order valence-corrected chi connectivity index (χ3v) is 5.62. The van der Waals surface area contributed by atoms with E-state index in [2.05, 4.69) is 48.0 Å². The molecule has 0 radical (unpaired) electrons. The Morgan fingerprint density at radius 2 is 1.41 bits per heavy atom. The van der Waals surface area contributed by atoms with Gasteiger partial charge in [-0.25, -0.2) is 4.79 Å². The lowest BCUT2D eigenvalue weighted by atomic mass is 10.0. The molecule has 0 N–H and O–H groups in total. The Labute approximate surface area is 168 Å². The van der Waals surface area contributed by atoms with Crippen molar-refractivity contribution in [2.75, 3.05) is 0 Å². The number of aromatic nitrogens is 1. The molecule has 5 rings (SSSR count). The number of fused-ring (bicyclic) bond motifs is 3. The van der Waals surface area contributed by atoms with Crippen molar-refractivity contribution in [3.63, 3.8) is 0 Å². The summed E-state index contributed by atoms with van der Waals surface area (Å²) in [7, 11) is 2.05. The molecule has 3 heteroatoms. The Bertz CT molecular complexity index is 1360. The third kappa shape index (κ3) is 2.95. The van der Waals surface area contributed by atoms with Crippen molar-refractivity contribution in [1.29, 1.82) is 0 Å². The van der Waals surface area contributed by atoms with Crippen molar-refractivity contribution >= 4 is 21.7 Å². The van der Waals surface area contributed by atoms with E-state index < -0.39 is 0 Å². The van der Waals surface area contributed by atoms with Gasteiger partial charge in [-0.3, -0.25) is 0 Å². The van der Waals surface area contributed by atoms with E-state index in [1.807, 2.05) is 48.5 Å². The highest BCUT2D eigenvalue weighted by Gasteiger charge is 2.22. The minimum atomic E-state index is -0.264. The summed E-state index contributed by atoms with van der Waals surface area (Å²) < 4.78 is 7.88. The molecule has 5 aromatic rings. The fourth-order valence-electron chi connectivity index (χ4n) is 4.26. The van der Waals surface area contributed by atoms with E-state index in [1.165, 1.54) is 5.56 Å². The molecule has 0 aliphatic carbocycles. The monoisotopic (exact) mass is 379 g/mol. The highest BCUT2D eigenvalue weighted by atomic mass is 16.4. The summed E-state index contributed by atoms with van der Waals surface area (Å²) in [5.41, 5.74) is 4.80. The zero-order chi connectivity index (χ0) is 19.8. The third-order valence-electron chi connectivity index (χ3n) is 5.62. The molecular formula is C26H21NO2. The van der Waals surface area contributed by atoms with Crippen molar-refractivity contribution < 1.29 is 4.42 Å². The summed E-state index contributed by atoms with van der Waals surface area (Å²) in [6.07, 6.45) is 1.64. The second-order valence-corrected chi connectivity index (χ2v) is 7.34. The number of hydrogen-bond donors (Lipinski definition) is 0. The second kappa shape index (κ2) is 7.10. The van der Waals surface area contributed by atoms with Crippen LogP contribution in [0.1, 0.15) is 11.3 Å². The van der Waals surface area contributed by atoms with E-state index in [9.17, 15) is 4.79 Å². The fraction of sp³-hybridized carbons (Fsp3) is 0.115. The van der Waals surface area contributed by atoms with Gasteiger partial charge in [-0.05, 0) is 30.0 Å². The summed E-state index contributed by atoms with van der Waals surface area (Å²) in [5, 5.41) is 2.65. The fourth-order valence-corrected chi connectivity index (χ4v) is 4.26. The van der Waals surface area contributed by atoms with Gasteiger partial charge in [-0.2, -0.15) is 0 Å². The van der Waals surface area contributed by atoms with Crippen LogP contribution in [0.5, 0.6) is 0 Å². The molecule has 3 nitrogen and oxygen atoms in total. The maximum atomic E-state index is 13.0. The zero-order valence-corrected chi connectivity index (χ0v) is 16.3. The number of aryl methyl sites for hydroxylation is 2. The van der Waals surface area contributed by atoms with Gasteiger partial charge < -0.3 is 8.98 Å². The SMILES string of the molecule is Cn1c(CCc2ccccc2)c2c(=O)oc3ccccc3c2c1-c1ccccc1. The van der Waals surface area contributed by atoms with Gasteiger partial charge in [0, 0.05) is 23.5 Å². The van der Waals surface area contributed by atoms with Crippen molar-refractivity contribution in [3.8, 4) is 11.3 Å². The van der Waals surface area contributed by atoms with Crippen LogP contribution < -0.4 is 5.63 Å². The molecular weight excluding hydrogens is 358 g/mol. The molecule has 142 valence electrons.